The maximum atomic E-state index is 12.2. The third-order valence-electron chi connectivity index (χ3n) is 3.70. The summed E-state index contributed by atoms with van der Waals surface area (Å²) in [7, 11) is 0. The van der Waals surface area contributed by atoms with E-state index >= 15 is 0 Å². The minimum Gasteiger partial charge on any atom is -0.293 e. The van der Waals surface area contributed by atoms with E-state index in [4.69, 9.17) is 0 Å². The number of rotatable bonds is 2. The van der Waals surface area contributed by atoms with Gasteiger partial charge in [0.25, 0.3) is 0 Å². The molecule has 0 atom stereocenters. The van der Waals surface area contributed by atoms with Gasteiger partial charge in [-0.25, -0.2) is 4.98 Å². The number of pyridine rings is 1. The molecule has 0 unspecified atom stereocenters. The number of halogens is 1. The second-order valence-corrected chi connectivity index (χ2v) is 5.49. The molecule has 4 rings (SSSR count). The van der Waals surface area contributed by atoms with Gasteiger partial charge in [0.2, 0.25) is 0 Å². The predicted molar refractivity (Wildman–Crippen MR) is 88.3 cm³/mol. The van der Waals surface area contributed by atoms with E-state index in [1.807, 2.05) is 48.5 Å². The van der Waals surface area contributed by atoms with Crippen molar-refractivity contribution in [2.75, 3.05) is 5.33 Å². The standard InChI is InChI=1S/C17H11BrN2O/c18-10-16(21)12-9-11-5-1-3-7-14(11)20-15-8-4-2-6-13(15)19-17(12)20/h1-9H,10H2. The first-order valence-corrected chi connectivity index (χ1v) is 7.80. The van der Waals surface area contributed by atoms with Crippen molar-refractivity contribution in [3.8, 4) is 0 Å². The van der Waals surface area contributed by atoms with Gasteiger partial charge in [-0.05, 0) is 29.7 Å². The average Bonchev–Trinajstić information content (AvgIpc) is 2.93. The highest BCUT2D eigenvalue weighted by Crippen LogP contribution is 2.26. The van der Waals surface area contributed by atoms with E-state index in [9.17, 15) is 4.79 Å². The number of hydrogen-bond acceptors (Lipinski definition) is 2. The zero-order valence-electron chi connectivity index (χ0n) is 11.1. The Hall–Kier alpha value is -2.20. The maximum absolute atomic E-state index is 12.2. The number of carbonyl (C=O) groups is 1. The summed E-state index contributed by atoms with van der Waals surface area (Å²) in [6, 6.07) is 17.9. The Morgan fingerprint density at radius 3 is 2.57 bits per heavy atom. The van der Waals surface area contributed by atoms with E-state index in [1.165, 1.54) is 0 Å². The molecule has 0 aliphatic carbocycles. The van der Waals surface area contributed by atoms with Crippen LogP contribution in [0.3, 0.4) is 0 Å². The lowest BCUT2D eigenvalue weighted by Crippen LogP contribution is -2.04. The third-order valence-corrected chi connectivity index (χ3v) is 4.21. The molecule has 0 aliphatic heterocycles. The van der Waals surface area contributed by atoms with Crippen LogP contribution in [-0.2, 0) is 0 Å². The van der Waals surface area contributed by atoms with Crippen molar-refractivity contribution in [1.82, 2.24) is 9.38 Å². The third kappa shape index (κ3) is 1.79. The van der Waals surface area contributed by atoms with Crippen molar-refractivity contribution in [1.29, 1.82) is 0 Å². The molecule has 0 bridgehead atoms. The Bertz CT molecular complexity index is 1000. The first-order chi connectivity index (χ1) is 10.3. The predicted octanol–water partition coefficient (Wildman–Crippen LogP) is 4.22. The van der Waals surface area contributed by atoms with Crippen molar-refractivity contribution < 1.29 is 4.79 Å². The number of ketones is 1. The Balaban J connectivity index is 2.30. The fraction of sp³-hybridized carbons (Fsp3) is 0.0588. The van der Waals surface area contributed by atoms with E-state index in [2.05, 4.69) is 31.4 Å². The summed E-state index contributed by atoms with van der Waals surface area (Å²) in [6.45, 7) is 0. The minimum absolute atomic E-state index is 0.0426. The van der Waals surface area contributed by atoms with E-state index in [0.717, 1.165) is 27.6 Å². The van der Waals surface area contributed by atoms with Crippen LogP contribution in [0.1, 0.15) is 10.4 Å². The van der Waals surface area contributed by atoms with Crippen LogP contribution < -0.4 is 0 Å². The molecule has 0 saturated heterocycles. The molecule has 2 aromatic heterocycles. The van der Waals surface area contributed by atoms with E-state index in [0.29, 0.717) is 10.9 Å². The number of Topliss-reactive ketones (excluding diaryl/α,β-unsaturated/α-hetero) is 1. The number of alkyl halides is 1. The Kier molecular flexibility index (Phi) is 2.79. The second-order valence-electron chi connectivity index (χ2n) is 4.93. The number of aromatic nitrogens is 2. The quantitative estimate of drug-likeness (QED) is 0.405. The average molecular weight is 339 g/mol. The van der Waals surface area contributed by atoms with Gasteiger partial charge in [0.05, 0.1) is 27.4 Å². The lowest BCUT2D eigenvalue weighted by Gasteiger charge is -2.07. The van der Waals surface area contributed by atoms with Gasteiger partial charge in [-0.15, -0.1) is 0 Å². The van der Waals surface area contributed by atoms with Crippen molar-refractivity contribution >= 4 is 49.3 Å². The minimum atomic E-state index is 0.0426. The summed E-state index contributed by atoms with van der Waals surface area (Å²) in [4.78, 5) is 16.9. The van der Waals surface area contributed by atoms with Gasteiger partial charge in [0, 0.05) is 0 Å². The number of fused-ring (bicyclic) bond motifs is 5. The highest BCUT2D eigenvalue weighted by molar-refractivity contribution is 9.09. The molecule has 0 radical (unpaired) electrons. The van der Waals surface area contributed by atoms with E-state index in [-0.39, 0.29) is 5.78 Å². The molecule has 3 nitrogen and oxygen atoms in total. The number of para-hydroxylation sites is 3. The Morgan fingerprint density at radius 2 is 1.76 bits per heavy atom. The number of imidazole rings is 1. The fourth-order valence-corrected chi connectivity index (χ4v) is 3.06. The highest BCUT2D eigenvalue weighted by Gasteiger charge is 2.16. The highest BCUT2D eigenvalue weighted by atomic mass is 79.9. The Morgan fingerprint density at radius 1 is 1.05 bits per heavy atom. The summed E-state index contributed by atoms with van der Waals surface area (Å²) in [6.07, 6.45) is 0. The molecular formula is C17H11BrN2O. The monoisotopic (exact) mass is 338 g/mol. The topological polar surface area (TPSA) is 34.4 Å². The molecule has 0 amide bonds. The lowest BCUT2D eigenvalue weighted by molar-refractivity contribution is 0.102. The largest absolute Gasteiger partial charge is 0.293 e. The summed E-state index contributed by atoms with van der Waals surface area (Å²) in [5, 5.41) is 1.34. The van der Waals surface area contributed by atoms with Gasteiger partial charge in [-0.2, -0.15) is 0 Å². The zero-order valence-corrected chi connectivity index (χ0v) is 12.7. The van der Waals surface area contributed by atoms with Gasteiger partial charge >= 0.3 is 0 Å². The number of nitrogens with zero attached hydrogens (tertiary/aromatic N) is 2. The molecule has 0 spiro atoms. The molecule has 0 fully saturated rings. The van der Waals surface area contributed by atoms with Crippen LogP contribution in [0.4, 0.5) is 0 Å². The summed E-state index contributed by atoms with van der Waals surface area (Å²) in [5.41, 5.74) is 4.36. The number of hydrogen-bond donors (Lipinski definition) is 0. The second kappa shape index (κ2) is 4.67. The lowest BCUT2D eigenvalue weighted by atomic mass is 10.1. The van der Waals surface area contributed by atoms with Crippen LogP contribution in [-0.4, -0.2) is 20.5 Å². The smallest absolute Gasteiger partial charge is 0.177 e. The summed E-state index contributed by atoms with van der Waals surface area (Å²) < 4.78 is 2.07. The first kappa shape index (κ1) is 12.5. The van der Waals surface area contributed by atoms with E-state index < -0.39 is 0 Å². The molecule has 0 saturated carbocycles. The van der Waals surface area contributed by atoms with Crippen LogP contribution >= 0.6 is 15.9 Å². The van der Waals surface area contributed by atoms with Crippen molar-refractivity contribution in [3.63, 3.8) is 0 Å². The fourth-order valence-electron chi connectivity index (χ4n) is 2.76. The van der Waals surface area contributed by atoms with Crippen LogP contribution in [0.25, 0.3) is 27.6 Å². The molecule has 2 heterocycles. The SMILES string of the molecule is O=C(CBr)c1cc2ccccc2n2c1nc1ccccc12. The Labute approximate surface area is 129 Å². The van der Waals surface area contributed by atoms with Crippen molar-refractivity contribution in [2.45, 2.75) is 0 Å². The molecular weight excluding hydrogens is 328 g/mol. The van der Waals surface area contributed by atoms with Crippen LogP contribution in [0.15, 0.2) is 54.6 Å². The molecule has 102 valence electrons. The molecule has 4 heteroatoms. The van der Waals surface area contributed by atoms with Gasteiger partial charge in [0.15, 0.2) is 5.78 Å². The summed E-state index contributed by atoms with van der Waals surface area (Å²) in [5.74, 6) is 0.0426. The summed E-state index contributed by atoms with van der Waals surface area (Å²) >= 11 is 3.26. The van der Waals surface area contributed by atoms with Crippen LogP contribution in [0.2, 0.25) is 0 Å². The van der Waals surface area contributed by atoms with Gasteiger partial charge in [-0.3, -0.25) is 9.20 Å². The first-order valence-electron chi connectivity index (χ1n) is 6.68. The van der Waals surface area contributed by atoms with Crippen LogP contribution in [0.5, 0.6) is 0 Å². The van der Waals surface area contributed by atoms with Gasteiger partial charge in [0.1, 0.15) is 5.65 Å². The number of carbonyl (C=O) groups excluding carboxylic acids is 1. The van der Waals surface area contributed by atoms with E-state index in [1.54, 1.807) is 0 Å². The van der Waals surface area contributed by atoms with Crippen molar-refractivity contribution in [3.05, 3.63) is 60.2 Å². The molecule has 2 aromatic carbocycles. The molecule has 0 N–H and O–H groups in total. The maximum Gasteiger partial charge on any atom is 0.177 e. The molecule has 4 aromatic rings. The van der Waals surface area contributed by atoms with Crippen LogP contribution in [0, 0.1) is 0 Å². The zero-order chi connectivity index (χ0) is 14.4. The molecule has 0 aliphatic rings. The van der Waals surface area contributed by atoms with Gasteiger partial charge in [-0.1, -0.05) is 46.3 Å². The number of benzene rings is 2. The normalized spacial score (nSPS) is 11.5. The van der Waals surface area contributed by atoms with Gasteiger partial charge < -0.3 is 0 Å². The molecule has 21 heavy (non-hydrogen) atoms. The van der Waals surface area contributed by atoms with Crippen molar-refractivity contribution in [2.24, 2.45) is 0 Å².